The lowest BCUT2D eigenvalue weighted by Gasteiger charge is -2.32. The molecule has 1 heteroatoms. The Morgan fingerprint density at radius 1 is 0.283 bits per heavy atom. The zero-order chi connectivity index (χ0) is 39.1. The average molecular weight is 775 g/mol. The van der Waals surface area contributed by atoms with Gasteiger partial charge in [0.05, 0.1) is 5.41 Å². The highest BCUT2D eigenvalue weighted by atomic mass is 32.1. The molecular weight excluding hydrogens is 741 g/mol. The molecule has 0 fully saturated rings. The molecule has 12 aromatic rings. The Balaban J connectivity index is 1.14. The fourth-order valence-electron chi connectivity index (χ4n) is 11.6. The lowest BCUT2D eigenvalue weighted by molar-refractivity contribution is 0.802. The second-order valence-corrected chi connectivity index (χ2v) is 17.7. The van der Waals surface area contributed by atoms with E-state index in [1.165, 1.54) is 130 Å². The zero-order valence-electron chi connectivity index (χ0n) is 32.5. The van der Waals surface area contributed by atoms with E-state index in [0.29, 0.717) is 0 Å². The summed E-state index contributed by atoms with van der Waals surface area (Å²) in [5.74, 6) is 0. The smallest absolute Gasteiger partial charge is 0.0731 e. The standard InChI is InChI=1S/C59H34S/c1-2-16-37-35(15-1)29-31-47-57-42-21-4-3-17-38(42)49(34-52(57)59(58(37)47)50-26-12-9-18-39(50)40-19-10-13-27-51(40)59)56-45-24-7-5-22-43(45)55(44-23-6-8-25-46(44)56)36-30-32-54-48(33-36)41-20-11-14-28-53(41)60-54/h1-34H. The fraction of sp³-hybridized carbons (Fsp3) is 0.0169. The van der Waals surface area contributed by atoms with Gasteiger partial charge in [0.15, 0.2) is 0 Å². The molecule has 60 heavy (non-hydrogen) atoms. The van der Waals surface area contributed by atoms with E-state index in [2.05, 4.69) is 206 Å². The monoisotopic (exact) mass is 774 g/mol. The van der Waals surface area contributed by atoms with Crippen molar-refractivity contribution < 1.29 is 0 Å². The van der Waals surface area contributed by atoms with E-state index in [1.807, 2.05) is 11.3 Å². The highest BCUT2D eigenvalue weighted by molar-refractivity contribution is 7.25. The third-order valence-electron chi connectivity index (χ3n) is 13.8. The van der Waals surface area contributed by atoms with Crippen LogP contribution in [0, 0.1) is 0 Å². The van der Waals surface area contributed by atoms with Crippen LogP contribution < -0.4 is 0 Å². The number of benzene rings is 11. The summed E-state index contributed by atoms with van der Waals surface area (Å²) >= 11 is 1.88. The maximum Gasteiger partial charge on any atom is 0.0731 e. The topological polar surface area (TPSA) is 0 Å². The van der Waals surface area contributed by atoms with Crippen LogP contribution in [0.5, 0.6) is 0 Å². The zero-order valence-corrected chi connectivity index (χ0v) is 33.4. The molecule has 0 radical (unpaired) electrons. The van der Waals surface area contributed by atoms with Gasteiger partial charge in [-0.05, 0) is 134 Å². The Morgan fingerprint density at radius 2 is 0.800 bits per heavy atom. The Labute approximate surface area is 351 Å². The minimum Gasteiger partial charge on any atom is -0.135 e. The maximum absolute atomic E-state index is 2.61. The van der Waals surface area contributed by atoms with Crippen LogP contribution in [0.25, 0.3) is 108 Å². The lowest BCUT2D eigenvalue weighted by Crippen LogP contribution is -2.26. The van der Waals surface area contributed by atoms with E-state index in [4.69, 9.17) is 0 Å². The van der Waals surface area contributed by atoms with Crippen LogP contribution >= 0.6 is 11.3 Å². The first kappa shape index (κ1) is 32.6. The predicted octanol–water partition coefficient (Wildman–Crippen LogP) is 16.3. The quantitative estimate of drug-likeness (QED) is 0.153. The van der Waals surface area contributed by atoms with Crippen LogP contribution in [0.1, 0.15) is 22.3 Å². The molecular formula is C59H34S. The third kappa shape index (κ3) is 4.05. The average Bonchev–Trinajstić information content (AvgIpc) is 3.94. The summed E-state index contributed by atoms with van der Waals surface area (Å²) in [6, 6.07) is 78.2. The Kier molecular flexibility index (Phi) is 6.46. The Hall–Kier alpha value is -7.32. The molecule has 0 N–H and O–H groups in total. The number of rotatable bonds is 2. The van der Waals surface area contributed by atoms with Crippen LogP contribution in [-0.2, 0) is 5.41 Å². The predicted molar refractivity (Wildman–Crippen MR) is 257 cm³/mol. The Bertz CT molecular complexity index is 3740. The number of fused-ring (bicyclic) bond motifs is 19. The van der Waals surface area contributed by atoms with Crippen molar-refractivity contribution in [2.45, 2.75) is 5.41 Å². The number of thiophene rings is 1. The van der Waals surface area contributed by atoms with E-state index in [-0.39, 0.29) is 0 Å². The second kappa shape index (κ2) is 11.9. The summed E-state index contributed by atoms with van der Waals surface area (Å²) in [4.78, 5) is 0. The van der Waals surface area contributed by atoms with Gasteiger partial charge in [-0.15, -0.1) is 11.3 Å². The summed E-state index contributed by atoms with van der Waals surface area (Å²) in [6.07, 6.45) is 0. The van der Waals surface area contributed by atoms with Gasteiger partial charge in [0, 0.05) is 20.2 Å². The molecule has 1 heterocycles. The molecule has 1 spiro atoms. The molecule has 14 rings (SSSR count). The minimum atomic E-state index is -0.498. The van der Waals surface area contributed by atoms with E-state index >= 15 is 0 Å². The molecule has 0 atom stereocenters. The van der Waals surface area contributed by atoms with Crippen molar-refractivity contribution in [3.05, 3.63) is 229 Å². The van der Waals surface area contributed by atoms with Crippen molar-refractivity contribution in [2.75, 3.05) is 0 Å². The van der Waals surface area contributed by atoms with Gasteiger partial charge in [-0.3, -0.25) is 0 Å². The molecule has 11 aromatic carbocycles. The van der Waals surface area contributed by atoms with Crippen LogP contribution in [0.3, 0.4) is 0 Å². The van der Waals surface area contributed by atoms with Crippen molar-refractivity contribution in [1.29, 1.82) is 0 Å². The van der Waals surface area contributed by atoms with Crippen LogP contribution in [0.15, 0.2) is 206 Å². The van der Waals surface area contributed by atoms with Crippen molar-refractivity contribution in [3.8, 4) is 44.5 Å². The van der Waals surface area contributed by atoms with Gasteiger partial charge in [-0.2, -0.15) is 0 Å². The third-order valence-corrected chi connectivity index (χ3v) is 15.0. The first-order chi connectivity index (χ1) is 29.8. The fourth-order valence-corrected chi connectivity index (χ4v) is 12.7. The molecule has 0 nitrogen and oxygen atoms in total. The molecule has 1 aromatic heterocycles. The molecule has 0 saturated carbocycles. The normalized spacial score (nSPS) is 13.5. The van der Waals surface area contributed by atoms with E-state index in [1.54, 1.807) is 0 Å². The molecule has 276 valence electrons. The highest BCUT2D eigenvalue weighted by Gasteiger charge is 2.53. The molecule has 0 unspecified atom stereocenters. The van der Waals surface area contributed by atoms with Gasteiger partial charge >= 0.3 is 0 Å². The maximum atomic E-state index is 2.61. The van der Waals surface area contributed by atoms with Crippen LogP contribution in [-0.4, -0.2) is 0 Å². The minimum absolute atomic E-state index is 0.498. The summed E-state index contributed by atoms with van der Waals surface area (Å²) in [7, 11) is 0. The molecule has 0 bridgehead atoms. The second-order valence-electron chi connectivity index (χ2n) is 16.6. The number of hydrogen-bond donors (Lipinski definition) is 0. The van der Waals surface area contributed by atoms with Crippen molar-refractivity contribution in [2.24, 2.45) is 0 Å². The van der Waals surface area contributed by atoms with Crippen molar-refractivity contribution in [1.82, 2.24) is 0 Å². The SMILES string of the molecule is c1ccc2c(c1)-c1ccccc1C21c2cc(-c3c4ccccc4c(-c4ccc5sc6ccccc6c5c4)c4ccccc34)c3ccccc3c2-c2ccc3ccccc3c21. The van der Waals surface area contributed by atoms with Crippen molar-refractivity contribution >= 4 is 74.6 Å². The number of hydrogen-bond acceptors (Lipinski definition) is 1. The van der Waals surface area contributed by atoms with E-state index in [9.17, 15) is 0 Å². The van der Waals surface area contributed by atoms with Gasteiger partial charge in [-0.1, -0.05) is 182 Å². The summed E-state index contributed by atoms with van der Waals surface area (Å²) in [5.41, 5.74) is 15.5. The van der Waals surface area contributed by atoms with Crippen molar-refractivity contribution in [3.63, 3.8) is 0 Å². The van der Waals surface area contributed by atoms with Gasteiger partial charge in [-0.25, -0.2) is 0 Å². The summed E-state index contributed by atoms with van der Waals surface area (Å²) in [6.45, 7) is 0. The van der Waals surface area contributed by atoms with Gasteiger partial charge < -0.3 is 0 Å². The molecule has 2 aliphatic rings. The van der Waals surface area contributed by atoms with Gasteiger partial charge in [0.2, 0.25) is 0 Å². The Morgan fingerprint density at radius 3 is 1.48 bits per heavy atom. The first-order valence-corrected chi connectivity index (χ1v) is 21.7. The first-order valence-electron chi connectivity index (χ1n) is 20.9. The van der Waals surface area contributed by atoms with Gasteiger partial charge in [0.25, 0.3) is 0 Å². The molecule has 0 saturated heterocycles. The van der Waals surface area contributed by atoms with Gasteiger partial charge in [0.1, 0.15) is 0 Å². The van der Waals surface area contributed by atoms with E-state index in [0.717, 1.165) is 0 Å². The molecule has 2 aliphatic carbocycles. The molecule has 0 amide bonds. The molecule has 0 aliphatic heterocycles. The summed E-state index contributed by atoms with van der Waals surface area (Å²) < 4.78 is 2.66. The summed E-state index contributed by atoms with van der Waals surface area (Å²) in [5, 5.41) is 12.9. The largest absolute Gasteiger partial charge is 0.135 e. The highest BCUT2D eigenvalue weighted by Crippen LogP contribution is 2.66. The van der Waals surface area contributed by atoms with Crippen LogP contribution in [0.2, 0.25) is 0 Å². The van der Waals surface area contributed by atoms with E-state index < -0.39 is 5.41 Å². The lowest BCUT2D eigenvalue weighted by atomic mass is 9.68. The van der Waals surface area contributed by atoms with Crippen LogP contribution in [0.4, 0.5) is 0 Å².